The van der Waals surface area contributed by atoms with E-state index < -0.39 is 12.8 Å². The number of hydrogen-bond acceptors (Lipinski definition) is 1. The molecule has 0 aliphatic carbocycles. The summed E-state index contributed by atoms with van der Waals surface area (Å²) in [5.74, 6) is -1.24. The van der Waals surface area contributed by atoms with Gasteiger partial charge in [0.15, 0.2) is 0 Å². The van der Waals surface area contributed by atoms with Gasteiger partial charge < -0.3 is 5.11 Å². The molecule has 0 fully saturated rings. The zero-order valence-corrected chi connectivity index (χ0v) is 3.01. The van der Waals surface area contributed by atoms with Crippen LogP contribution in [0.5, 0.6) is 0 Å². The van der Waals surface area contributed by atoms with Crippen molar-refractivity contribution >= 4 is 5.97 Å². The first-order valence-electron chi connectivity index (χ1n) is 2.84. The maximum absolute atomic E-state index is 9.71. The van der Waals surface area contributed by atoms with Crippen LogP contribution in [-0.4, -0.2) is 11.1 Å². The lowest BCUT2D eigenvalue weighted by Crippen LogP contribution is -1.83. The molecule has 0 spiro atoms. The van der Waals surface area contributed by atoms with Crippen LogP contribution in [0.4, 0.5) is 0 Å². The highest BCUT2D eigenvalue weighted by molar-refractivity contribution is 5.79. The molecule has 0 aromatic carbocycles. The van der Waals surface area contributed by atoms with Gasteiger partial charge in [-0.25, -0.2) is 4.79 Å². The molecule has 0 aromatic rings. The monoisotopic (exact) mass is 89.1 g/mol. The fraction of sp³-hybridized carbons (Fsp3) is 0.250. The van der Waals surface area contributed by atoms with E-state index in [2.05, 4.69) is 0 Å². The van der Waals surface area contributed by atoms with Crippen LogP contribution in [0.25, 0.3) is 0 Å². The molecule has 0 saturated heterocycles. The van der Waals surface area contributed by atoms with Crippen LogP contribution in [0.2, 0.25) is 0 Å². The fourth-order valence-electron chi connectivity index (χ4n) is 0.0713. The molecule has 6 heavy (non-hydrogen) atoms. The Labute approximate surface area is 40.3 Å². The molecule has 0 aliphatic heterocycles. The molecule has 1 N–H and O–H groups in total. The van der Waals surface area contributed by atoms with Gasteiger partial charge in [-0.1, -0.05) is 6.08 Å². The largest absolute Gasteiger partial charge is 0.478 e. The number of aliphatic carboxylic acids is 1. The van der Waals surface area contributed by atoms with Gasteiger partial charge >= 0.3 is 5.97 Å². The van der Waals surface area contributed by atoms with Crippen molar-refractivity contribution in [2.24, 2.45) is 0 Å². The van der Waals surface area contributed by atoms with E-state index in [0.717, 1.165) is 0 Å². The lowest BCUT2D eigenvalue weighted by atomic mass is 10.5. The summed E-state index contributed by atoms with van der Waals surface area (Å²) in [6, 6.07) is 0. The topological polar surface area (TPSA) is 37.3 Å². The van der Waals surface area contributed by atoms with Crippen molar-refractivity contribution in [3.63, 3.8) is 0 Å². The van der Waals surface area contributed by atoms with Crippen molar-refractivity contribution in [3.8, 4) is 0 Å². The Hall–Kier alpha value is -0.790. The van der Waals surface area contributed by atoms with E-state index in [9.17, 15) is 4.79 Å². The highest BCUT2D eigenvalue weighted by Crippen LogP contribution is 1.65. The van der Waals surface area contributed by atoms with Gasteiger partial charge in [0.25, 0.3) is 0 Å². The predicted molar refractivity (Wildman–Crippen MR) is 22.4 cm³/mol. The highest BCUT2D eigenvalue weighted by Gasteiger charge is 1.76. The van der Waals surface area contributed by atoms with Crippen molar-refractivity contribution in [1.82, 2.24) is 0 Å². The molecule has 2 heteroatoms. The molecule has 0 radical (unpaired) electrons. The Morgan fingerprint density at radius 1 is 2.17 bits per heavy atom. The van der Waals surface area contributed by atoms with E-state index >= 15 is 0 Å². The van der Waals surface area contributed by atoms with Gasteiger partial charge in [0, 0.05) is 10.2 Å². The summed E-state index contributed by atoms with van der Waals surface area (Å²) >= 11 is 0. The van der Waals surface area contributed by atoms with E-state index in [1.807, 2.05) is 0 Å². The Bertz CT molecular complexity index is 135. The summed E-state index contributed by atoms with van der Waals surface area (Å²) in [5.41, 5.74) is 0. The summed E-state index contributed by atoms with van der Waals surface area (Å²) < 4.78 is 19.5. The summed E-state index contributed by atoms with van der Waals surface area (Å²) in [4.78, 5) is 9.71. The Kier molecular flexibility index (Phi) is 0.725. The Morgan fingerprint density at radius 3 is 3.00 bits per heavy atom. The van der Waals surface area contributed by atoms with Crippen LogP contribution < -0.4 is 0 Å². The summed E-state index contributed by atoms with van der Waals surface area (Å²) in [6.45, 7) is -2.28. The maximum Gasteiger partial charge on any atom is 0.327 e. The number of carbonyl (C=O) groups is 1. The van der Waals surface area contributed by atoms with E-state index in [1.165, 1.54) is 0 Å². The minimum Gasteiger partial charge on any atom is -0.478 e. The highest BCUT2D eigenvalue weighted by atomic mass is 16.4. The molecule has 0 amide bonds. The number of carboxylic acids is 1. The van der Waals surface area contributed by atoms with Crippen LogP contribution in [0.3, 0.4) is 0 Å². The van der Waals surface area contributed by atoms with E-state index in [4.69, 9.17) is 9.22 Å². The number of rotatable bonds is 1. The average molecular weight is 89.1 g/mol. The normalized spacial score (nSPS) is 19.0. The van der Waals surface area contributed by atoms with E-state index in [-0.39, 0.29) is 0 Å². The Balaban J connectivity index is 3.86. The first-order valence-corrected chi connectivity index (χ1v) is 1.34. The second-order valence-corrected chi connectivity index (χ2v) is 0.672. The first kappa shape index (κ1) is 1.78. The van der Waals surface area contributed by atoms with Crippen LogP contribution in [0.15, 0.2) is 12.2 Å². The molecule has 0 aromatic heterocycles. The molecular weight excluding hydrogens is 80.0 g/mol. The molecule has 2 nitrogen and oxygen atoms in total. The third kappa shape index (κ3) is 3.21. The quantitative estimate of drug-likeness (QED) is 0.479. The zero-order valence-electron chi connectivity index (χ0n) is 6.01. The minimum absolute atomic E-state index is 0.604. The lowest BCUT2D eigenvalue weighted by Gasteiger charge is -1.68. The summed E-state index contributed by atoms with van der Waals surface area (Å²) in [5, 5.41) is 7.94. The number of carboxylic acid groups (broad SMARTS) is 1. The van der Waals surface area contributed by atoms with E-state index in [1.54, 1.807) is 0 Å². The van der Waals surface area contributed by atoms with Crippen LogP contribution in [0.1, 0.15) is 11.0 Å². The van der Waals surface area contributed by atoms with Crippen LogP contribution in [-0.2, 0) is 4.79 Å². The fourth-order valence-corrected chi connectivity index (χ4v) is 0.0713. The van der Waals surface area contributed by atoms with Gasteiger partial charge in [-0.15, -0.1) is 0 Å². The van der Waals surface area contributed by atoms with Gasteiger partial charge in [-0.3, -0.25) is 0 Å². The molecule has 0 atom stereocenters. The van der Waals surface area contributed by atoms with Gasteiger partial charge in [-0.05, 0) is 6.85 Å². The standard InChI is InChI=1S/C4H6O2/c1-2-3-4(5)6/h2-3H,1H3,(H,5,6)/b3-2+/i1D3. The molecule has 0 rings (SSSR count). The van der Waals surface area contributed by atoms with Gasteiger partial charge in [0.2, 0.25) is 0 Å². The molecule has 0 saturated carbocycles. The van der Waals surface area contributed by atoms with Gasteiger partial charge in [0.05, 0.1) is 0 Å². The van der Waals surface area contributed by atoms with Crippen LogP contribution >= 0.6 is 0 Å². The van der Waals surface area contributed by atoms with Crippen molar-refractivity contribution in [3.05, 3.63) is 12.2 Å². The number of hydrogen-bond donors (Lipinski definition) is 1. The summed E-state index contributed by atoms with van der Waals surface area (Å²) in [6.07, 6.45) is 1.27. The molecule has 0 bridgehead atoms. The molecule has 0 heterocycles. The maximum atomic E-state index is 9.71. The summed E-state index contributed by atoms with van der Waals surface area (Å²) in [7, 11) is 0. The molecule has 34 valence electrons. The SMILES string of the molecule is [2H]C([2H])([2H])/C=C/C(=O)O. The van der Waals surface area contributed by atoms with Crippen molar-refractivity contribution in [2.75, 3.05) is 0 Å². The average Bonchev–Trinajstić information content (AvgIpc) is 1.59. The third-order valence-corrected chi connectivity index (χ3v) is 0.226. The smallest absolute Gasteiger partial charge is 0.327 e. The molecular formula is C4H6O2. The lowest BCUT2D eigenvalue weighted by molar-refractivity contribution is -0.131. The minimum atomic E-state index is -2.28. The van der Waals surface area contributed by atoms with Crippen LogP contribution in [0, 0.1) is 0 Å². The first-order chi connectivity index (χ1) is 3.92. The van der Waals surface area contributed by atoms with Crippen molar-refractivity contribution in [2.45, 2.75) is 6.85 Å². The second kappa shape index (κ2) is 2.45. The van der Waals surface area contributed by atoms with E-state index in [0.29, 0.717) is 12.2 Å². The van der Waals surface area contributed by atoms with Gasteiger partial charge in [-0.2, -0.15) is 0 Å². The second-order valence-electron chi connectivity index (χ2n) is 0.672. The number of allylic oxidation sites excluding steroid dienone is 1. The van der Waals surface area contributed by atoms with Crippen molar-refractivity contribution in [1.29, 1.82) is 0 Å². The molecule has 0 aliphatic rings. The van der Waals surface area contributed by atoms with Gasteiger partial charge in [0.1, 0.15) is 0 Å². The molecule has 0 unspecified atom stereocenters. The zero-order chi connectivity index (χ0) is 7.49. The Morgan fingerprint density at radius 2 is 2.83 bits per heavy atom. The predicted octanol–water partition coefficient (Wildman–Crippen LogP) is 0.647. The third-order valence-electron chi connectivity index (χ3n) is 0.226. The van der Waals surface area contributed by atoms with Crippen molar-refractivity contribution < 1.29 is 14.0 Å².